The molecule has 0 aromatic heterocycles. The van der Waals surface area contributed by atoms with Crippen LogP contribution in [0.3, 0.4) is 0 Å². The van der Waals surface area contributed by atoms with E-state index in [-0.39, 0.29) is 6.04 Å². The summed E-state index contributed by atoms with van der Waals surface area (Å²) >= 11 is 0. The fourth-order valence-corrected chi connectivity index (χ4v) is 2.42. The summed E-state index contributed by atoms with van der Waals surface area (Å²) in [6.07, 6.45) is 0. The van der Waals surface area contributed by atoms with E-state index in [9.17, 15) is 8.78 Å². The first-order chi connectivity index (χ1) is 10.0. The maximum atomic E-state index is 13.5. The molecule has 0 heterocycles. The lowest BCUT2D eigenvalue weighted by Crippen LogP contribution is -2.19. The standard InChI is InChI=1S/C17H19F2NO/c1-4-21-16-6-5-11(2)7-15(16)17(20-3)12-8-13(18)10-14(19)9-12/h5-10,17,20H,4H2,1-3H3. The van der Waals surface area contributed by atoms with Crippen molar-refractivity contribution in [2.75, 3.05) is 13.7 Å². The number of rotatable bonds is 5. The molecule has 21 heavy (non-hydrogen) atoms. The summed E-state index contributed by atoms with van der Waals surface area (Å²) in [6, 6.07) is 9.01. The molecule has 1 unspecified atom stereocenters. The van der Waals surface area contributed by atoms with Crippen LogP contribution in [-0.2, 0) is 0 Å². The maximum Gasteiger partial charge on any atom is 0.126 e. The van der Waals surface area contributed by atoms with Gasteiger partial charge >= 0.3 is 0 Å². The van der Waals surface area contributed by atoms with Gasteiger partial charge in [-0.1, -0.05) is 17.7 Å². The fourth-order valence-electron chi connectivity index (χ4n) is 2.42. The van der Waals surface area contributed by atoms with Crippen LogP contribution in [0, 0.1) is 18.6 Å². The highest BCUT2D eigenvalue weighted by Crippen LogP contribution is 2.31. The van der Waals surface area contributed by atoms with Crippen LogP contribution in [0.25, 0.3) is 0 Å². The van der Waals surface area contributed by atoms with Crippen molar-refractivity contribution in [3.05, 3.63) is 64.7 Å². The zero-order chi connectivity index (χ0) is 15.4. The van der Waals surface area contributed by atoms with Gasteiger partial charge in [-0.2, -0.15) is 0 Å². The zero-order valence-corrected chi connectivity index (χ0v) is 12.4. The van der Waals surface area contributed by atoms with Gasteiger partial charge in [0.1, 0.15) is 17.4 Å². The summed E-state index contributed by atoms with van der Waals surface area (Å²) < 4.78 is 32.6. The molecule has 0 bridgehead atoms. The molecule has 2 aromatic carbocycles. The van der Waals surface area contributed by atoms with Gasteiger partial charge in [0, 0.05) is 11.6 Å². The van der Waals surface area contributed by atoms with Crippen molar-refractivity contribution in [2.45, 2.75) is 19.9 Å². The highest BCUT2D eigenvalue weighted by molar-refractivity contribution is 5.44. The Labute approximate surface area is 123 Å². The Kier molecular flexibility index (Phi) is 4.91. The summed E-state index contributed by atoms with van der Waals surface area (Å²) in [7, 11) is 1.76. The van der Waals surface area contributed by atoms with Crippen LogP contribution >= 0.6 is 0 Å². The Morgan fingerprint density at radius 3 is 2.33 bits per heavy atom. The smallest absolute Gasteiger partial charge is 0.126 e. The SMILES string of the molecule is CCOc1ccc(C)cc1C(NC)c1cc(F)cc(F)c1. The molecule has 2 nitrogen and oxygen atoms in total. The van der Waals surface area contributed by atoms with Crippen LogP contribution in [-0.4, -0.2) is 13.7 Å². The van der Waals surface area contributed by atoms with Crippen molar-refractivity contribution in [2.24, 2.45) is 0 Å². The van der Waals surface area contributed by atoms with E-state index < -0.39 is 11.6 Å². The molecular formula is C17H19F2NO. The molecule has 1 atom stereocenters. The first kappa shape index (κ1) is 15.4. The fraction of sp³-hybridized carbons (Fsp3) is 0.294. The van der Waals surface area contributed by atoms with E-state index in [1.54, 1.807) is 7.05 Å². The summed E-state index contributed by atoms with van der Waals surface area (Å²) in [6.45, 7) is 4.40. The van der Waals surface area contributed by atoms with E-state index in [1.165, 1.54) is 12.1 Å². The lowest BCUT2D eigenvalue weighted by atomic mass is 9.96. The van der Waals surface area contributed by atoms with E-state index in [0.717, 1.165) is 17.2 Å². The van der Waals surface area contributed by atoms with Gasteiger partial charge in [-0.15, -0.1) is 0 Å². The van der Waals surface area contributed by atoms with Crippen LogP contribution in [0.2, 0.25) is 0 Å². The second-order valence-corrected chi connectivity index (χ2v) is 4.90. The third-order valence-corrected chi connectivity index (χ3v) is 3.28. The highest BCUT2D eigenvalue weighted by atomic mass is 19.1. The number of hydrogen-bond donors (Lipinski definition) is 1. The molecule has 0 amide bonds. The third-order valence-electron chi connectivity index (χ3n) is 3.28. The van der Waals surface area contributed by atoms with Gasteiger partial charge < -0.3 is 10.1 Å². The van der Waals surface area contributed by atoms with Crippen LogP contribution in [0.5, 0.6) is 5.75 Å². The first-order valence-corrected chi connectivity index (χ1v) is 6.91. The van der Waals surface area contributed by atoms with Gasteiger partial charge in [0.25, 0.3) is 0 Å². The monoisotopic (exact) mass is 291 g/mol. The number of ether oxygens (including phenoxy) is 1. The molecule has 4 heteroatoms. The van der Waals surface area contributed by atoms with Crippen LogP contribution in [0.15, 0.2) is 36.4 Å². The molecule has 0 aliphatic carbocycles. The van der Waals surface area contributed by atoms with Gasteiger partial charge in [0.05, 0.1) is 12.6 Å². The van der Waals surface area contributed by atoms with E-state index in [0.29, 0.717) is 17.9 Å². The predicted molar refractivity (Wildman–Crippen MR) is 79.6 cm³/mol. The Hall–Kier alpha value is -1.94. The third kappa shape index (κ3) is 3.58. The van der Waals surface area contributed by atoms with Crippen LogP contribution in [0.1, 0.15) is 29.7 Å². The van der Waals surface area contributed by atoms with Crippen LogP contribution < -0.4 is 10.1 Å². The molecule has 2 rings (SSSR count). The minimum atomic E-state index is -0.587. The van der Waals surface area contributed by atoms with Crippen molar-refractivity contribution in [1.82, 2.24) is 5.32 Å². The van der Waals surface area contributed by atoms with Crippen molar-refractivity contribution >= 4 is 0 Å². The van der Waals surface area contributed by atoms with Gasteiger partial charge in [0.15, 0.2) is 0 Å². The quantitative estimate of drug-likeness (QED) is 0.899. The van der Waals surface area contributed by atoms with Gasteiger partial charge in [-0.25, -0.2) is 8.78 Å². The molecule has 0 saturated carbocycles. The van der Waals surface area contributed by atoms with E-state index >= 15 is 0 Å². The van der Waals surface area contributed by atoms with Crippen molar-refractivity contribution in [3.8, 4) is 5.75 Å². The van der Waals surface area contributed by atoms with Gasteiger partial charge in [-0.3, -0.25) is 0 Å². The lowest BCUT2D eigenvalue weighted by Gasteiger charge is -2.21. The van der Waals surface area contributed by atoms with Crippen molar-refractivity contribution in [3.63, 3.8) is 0 Å². The van der Waals surface area contributed by atoms with Crippen molar-refractivity contribution < 1.29 is 13.5 Å². The molecule has 0 radical (unpaired) electrons. The molecule has 0 saturated heterocycles. The molecule has 0 spiro atoms. The number of benzene rings is 2. The second-order valence-electron chi connectivity index (χ2n) is 4.90. The molecular weight excluding hydrogens is 272 g/mol. The van der Waals surface area contributed by atoms with Gasteiger partial charge in [-0.05, 0) is 44.7 Å². The first-order valence-electron chi connectivity index (χ1n) is 6.91. The molecule has 0 fully saturated rings. The number of aryl methyl sites for hydroxylation is 1. The molecule has 0 aliphatic rings. The summed E-state index contributed by atoms with van der Waals surface area (Å²) in [4.78, 5) is 0. The Balaban J connectivity index is 2.52. The average molecular weight is 291 g/mol. The summed E-state index contributed by atoms with van der Waals surface area (Å²) in [5, 5.41) is 3.10. The van der Waals surface area contributed by atoms with Crippen molar-refractivity contribution in [1.29, 1.82) is 0 Å². The second kappa shape index (κ2) is 6.68. The number of halogens is 2. The summed E-state index contributed by atoms with van der Waals surface area (Å²) in [5.41, 5.74) is 2.46. The molecule has 0 aliphatic heterocycles. The average Bonchev–Trinajstić information content (AvgIpc) is 2.41. The maximum absolute atomic E-state index is 13.5. The van der Waals surface area contributed by atoms with Gasteiger partial charge in [0.2, 0.25) is 0 Å². The molecule has 1 N–H and O–H groups in total. The molecule has 112 valence electrons. The molecule has 2 aromatic rings. The number of hydrogen-bond acceptors (Lipinski definition) is 2. The Morgan fingerprint density at radius 1 is 1.10 bits per heavy atom. The van der Waals surface area contributed by atoms with Crippen LogP contribution in [0.4, 0.5) is 8.78 Å². The minimum absolute atomic E-state index is 0.336. The highest BCUT2D eigenvalue weighted by Gasteiger charge is 2.18. The largest absolute Gasteiger partial charge is 0.494 e. The van der Waals surface area contributed by atoms with E-state index in [4.69, 9.17) is 4.74 Å². The minimum Gasteiger partial charge on any atom is -0.494 e. The normalized spacial score (nSPS) is 12.2. The predicted octanol–water partition coefficient (Wildman–Crippen LogP) is 3.98. The van der Waals surface area contributed by atoms with E-state index in [2.05, 4.69) is 5.32 Å². The Morgan fingerprint density at radius 2 is 1.76 bits per heavy atom. The Bertz CT molecular complexity index is 608. The lowest BCUT2D eigenvalue weighted by molar-refractivity contribution is 0.334. The topological polar surface area (TPSA) is 21.3 Å². The number of nitrogens with one attached hydrogen (secondary N) is 1. The zero-order valence-electron chi connectivity index (χ0n) is 12.4. The summed E-state index contributed by atoms with van der Waals surface area (Å²) in [5.74, 6) is -0.459. The van der Waals surface area contributed by atoms with E-state index in [1.807, 2.05) is 32.0 Å².